The molecular formula is C9H9BrN2. The van der Waals surface area contributed by atoms with Gasteiger partial charge in [-0.1, -0.05) is 22.0 Å². The Kier molecular flexibility index (Phi) is 3.24. The van der Waals surface area contributed by atoms with Crippen molar-refractivity contribution in [1.29, 1.82) is 5.26 Å². The Labute approximate surface area is 80.4 Å². The average Bonchev–Trinajstić information content (AvgIpc) is 2.07. The van der Waals surface area contributed by atoms with E-state index in [1.165, 1.54) is 0 Å². The van der Waals surface area contributed by atoms with Crippen molar-refractivity contribution in [3.8, 4) is 6.07 Å². The zero-order valence-corrected chi connectivity index (χ0v) is 8.37. The summed E-state index contributed by atoms with van der Waals surface area (Å²) in [6.45, 7) is 1.92. The molecule has 1 unspecified atom stereocenters. The smallest absolute Gasteiger partial charge is 0.0981 e. The van der Waals surface area contributed by atoms with Gasteiger partial charge in [0.1, 0.15) is 0 Å². The molecule has 0 aromatic carbocycles. The zero-order valence-electron chi connectivity index (χ0n) is 6.79. The highest BCUT2D eigenvalue weighted by atomic mass is 79.9. The van der Waals surface area contributed by atoms with Crippen LogP contribution >= 0.6 is 15.9 Å². The van der Waals surface area contributed by atoms with Crippen molar-refractivity contribution in [3.05, 3.63) is 29.6 Å². The van der Waals surface area contributed by atoms with Gasteiger partial charge in [-0.05, 0) is 19.1 Å². The van der Waals surface area contributed by atoms with E-state index in [0.717, 1.165) is 11.4 Å². The van der Waals surface area contributed by atoms with Crippen LogP contribution in [0.25, 0.3) is 0 Å². The van der Waals surface area contributed by atoms with Gasteiger partial charge >= 0.3 is 0 Å². The number of rotatable bonds is 2. The molecule has 0 fully saturated rings. The fraction of sp³-hybridized carbons (Fsp3) is 0.333. The summed E-state index contributed by atoms with van der Waals surface area (Å²) in [5.41, 5.74) is 1.79. The van der Waals surface area contributed by atoms with Gasteiger partial charge in [0.05, 0.1) is 17.7 Å². The Hall–Kier alpha value is -0.880. The maximum atomic E-state index is 8.75. The van der Waals surface area contributed by atoms with Gasteiger partial charge < -0.3 is 0 Å². The topological polar surface area (TPSA) is 36.7 Å². The predicted molar refractivity (Wildman–Crippen MR) is 51.1 cm³/mol. The minimum Gasteiger partial charge on any atom is -0.257 e. The SMILES string of the molecule is Cc1cccc(C(C#N)CBr)n1. The largest absolute Gasteiger partial charge is 0.257 e. The molecular weight excluding hydrogens is 216 g/mol. The molecule has 1 rings (SSSR count). The molecule has 0 aliphatic carbocycles. The maximum Gasteiger partial charge on any atom is 0.0981 e. The summed E-state index contributed by atoms with van der Waals surface area (Å²) in [4.78, 5) is 4.26. The van der Waals surface area contributed by atoms with Crippen LogP contribution in [0.2, 0.25) is 0 Å². The second-order valence-electron chi connectivity index (χ2n) is 2.54. The minimum atomic E-state index is -0.134. The highest BCUT2D eigenvalue weighted by molar-refractivity contribution is 9.09. The van der Waals surface area contributed by atoms with E-state index in [9.17, 15) is 0 Å². The van der Waals surface area contributed by atoms with E-state index in [1.54, 1.807) is 0 Å². The highest BCUT2D eigenvalue weighted by Crippen LogP contribution is 2.14. The first-order valence-corrected chi connectivity index (χ1v) is 4.79. The van der Waals surface area contributed by atoms with Crippen LogP contribution in [0, 0.1) is 18.3 Å². The molecule has 1 aromatic rings. The fourth-order valence-electron chi connectivity index (χ4n) is 0.938. The van der Waals surface area contributed by atoms with Gasteiger partial charge in [-0.15, -0.1) is 0 Å². The third kappa shape index (κ3) is 2.05. The lowest BCUT2D eigenvalue weighted by Crippen LogP contribution is -2.00. The predicted octanol–water partition coefficient (Wildman–Crippen LogP) is 2.39. The molecule has 3 heteroatoms. The first-order valence-electron chi connectivity index (χ1n) is 3.67. The monoisotopic (exact) mass is 224 g/mol. The molecule has 0 spiro atoms. The van der Waals surface area contributed by atoms with Crippen molar-refractivity contribution in [3.63, 3.8) is 0 Å². The summed E-state index contributed by atoms with van der Waals surface area (Å²) >= 11 is 3.27. The minimum absolute atomic E-state index is 0.134. The molecule has 1 atom stereocenters. The van der Waals surface area contributed by atoms with E-state index in [4.69, 9.17) is 5.26 Å². The molecule has 1 aromatic heterocycles. The summed E-state index contributed by atoms with van der Waals surface area (Å²) < 4.78 is 0. The number of halogens is 1. The molecule has 0 aliphatic heterocycles. The maximum absolute atomic E-state index is 8.75. The number of hydrogen-bond acceptors (Lipinski definition) is 2. The van der Waals surface area contributed by atoms with Crippen molar-refractivity contribution in [1.82, 2.24) is 4.98 Å². The number of aromatic nitrogens is 1. The van der Waals surface area contributed by atoms with Crippen molar-refractivity contribution in [2.45, 2.75) is 12.8 Å². The fourth-order valence-corrected chi connectivity index (χ4v) is 1.41. The molecule has 1 heterocycles. The standard InChI is InChI=1S/C9H9BrN2/c1-7-3-2-4-9(12-7)8(5-10)6-11/h2-4,8H,5H2,1H3. The van der Waals surface area contributed by atoms with E-state index in [-0.39, 0.29) is 5.92 Å². The van der Waals surface area contributed by atoms with Crippen LogP contribution in [0.1, 0.15) is 17.3 Å². The molecule has 0 saturated carbocycles. The third-order valence-electron chi connectivity index (χ3n) is 1.58. The molecule has 12 heavy (non-hydrogen) atoms. The van der Waals surface area contributed by atoms with Crippen LogP contribution in [0.3, 0.4) is 0 Å². The number of nitrogens with zero attached hydrogens (tertiary/aromatic N) is 2. The normalized spacial score (nSPS) is 12.1. The quantitative estimate of drug-likeness (QED) is 0.724. The van der Waals surface area contributed by atoms with Crippen LogP contribution in [0.15, 0.2) is 18.2 Å². The van der Waals surface area contributed by atoms with Crippen LogP contribution < -0.4 is 0 Å². The van der Waals surface area contributed by atoms with Gasteiger partial charge in [0, 0.05) is 11.0 Å². The molecule has 0 N–H and O–H groups in total. The molecule has 2 nitrogen and oxygen atoms in total. The number of aryl methyl sites for hydroxylation is 1. The van der Waals surface area contributed by atoms with Gasteiger partial charge in [0.2, 0.25) is 0 Å². The van der Waals surface area contributed by atoms with E-state index in [1.807, 2.05) is 25.1 Å². The van der Waals surface area contributed by atoms with Gasteiger partial charge in [0.25, 0.3) is 0 Å². The Morgan fingerprint density at radius 1 is 1.67 bits per heavy atom. The van der Waals surface area contributed by atoms with Crippen molar-refractivity contribution in [2.24, 2.45) is 0 Å². The van der Waals surface area contributed by atoms with E-state index in [2.05, 4.69) is 27.0 Å². The van der Waals surface area contributed by atoms with Crippen molar-refractivity contribution < 1.29 is 0 Å². The summed E-state index contributed by atoms with van der Waals surface area (Å²) in [6, 6.07) is 7.91. The van der Waals surface area contributed by atoms with Gasteiger partial charge in [0.15, 0.2) is 0 Å². The molecule has 0 aliphatic rings. The van der Waals surface area contributed by atoms with E-state index >= 15 is 0 Å². The molecule has 0 radical (unpaired) electrons. The summed E-state index contributed by atoms with van der Waals surface area (Å²) in [7, 11) is 0. The summed E-state index contributed by atoms with van der Waals surface area (Å²) in [5, 5.41) is 9.39. The first kappa shape index (κ1) is 9.21. The van der Waals surface area contributed by atoms with Gasteiger partial charge in [-0.2, -0.15) is 5.26 Å². The number of alkyl halides is 1. The van der Waals surface area contributed by atoms with E-state index < -0.39 is 0 Å². The van der Waals surface area contributed by atoms with Crippen LogP contribution in [0.4, 0.5) is 0 Å². The lowest BCUT2D eigenvalue weighted by atomic mass is 10.1. The molecule has 0 saturated heterocycles. The summed E-state index contributed by atoms with van der Waals surface area (Å²) in [5.74, 6) is -0.134. The Balaban J connectivity index is 2.95. The van der Waals surface area contributed by atoms with Crippen molar-refractivity contribution >= 4 is 15.9 Å². The third-order valence-corrected chi connectivity index (χ3v) is 2.22. The second-order valence-corrected chi connectivity index (χ2v) is 3.19. The molecule has 0 bridgehead atoms. The second kappa shape index (κ2) is 4.22. The highest BCUT2D eigenvalue weighted by Gasteiger charge is 2.09. The zero-order chi connectivity index (χ0) is 8.97. The Morgan fingerprint density at radius 2 is 2.42 bits per heavy atom. The Bertz CT molecular complexity index is 304. The van der Waals surface area contributed by atoms with Crippen LogP contribution in [0.5, 0.6) is 0 Å². The van der Waals surface area contributed by atoms with Gasteiger partial charge in [-0.25, -0.2) is 0 Å². The average molecular weight is 225 g/mol. The lowest BCUT2D eigenvalue weighted by Gasteiger charge is -2.04. The number of nitriles is 1. The molecule has 62 valence electrons. The summed E-state index contributed by atoms with van der Waals surface area (Å²) in [6.07, 6.45) is 0. The van der Waals surface area contributed by atoms with E-state index in [0.29, 0.717) is 5.33 Å². The first-order chi connectivity index (χ1) is 5.77. The van der Waals surface area contributed by atoms with Crippen LogP contribution in [-0.4, -0.2) is 10.3 Å². The molecule has 0 amide bonds. The van der Waals surface area contributed by atoms with Gasteiger partial charge in [-0.3, -0.25) is 4.98 Å². The lowest BCUT2D eigenvalue weighted by molar-refractivity contribution is 0.923. The Morgan fingerprint density at radius 3 is 2.92 bits per heavy atom. The number of pyridine rings is 1. The van der Waals surface area contributed by atoms with Crippen molar-refractivity contribution in [2.75, 3.05) is 5.33 Å². The van der Waals surface area contributed by atoms with Crippen LogP contribution in [-0.2, 0) is 0 Å². The number of hydrogen-bond donors (Lipinski definition) is 0.